The van der Waals surface area contributed by atoms with Crippen LogP contribution >= 0.6 is 27.7 Å². The quantitative estimate of drug-likeness (QED) is 0.928. The highest BCUT2D eigenvalue weighted by atomic mass is 79.9. The van der Waals surface area contributed by atoms with E-state index in [1.807, 2.05) is 23.9 Å². The lowest BCUT2D eigenvalue weighted by molar-refractivity contribution is 0.170. The largest absolute Gasteiger partial charge is 0.453 e. The molecule has 0 bridgehead atoms. The third-order valence-electron chi connectivity index (χ3n) is 3.12. The zero-order chi connectivity index (χ0) is 11.5. The second-order valence-corrected chi connectivity index (χ2v) is 6.01. The lowest BCUT2D eigenvalue weighted by atomic mass is 10.1. The zero-order valence-corrected chi connectivity index (χ0v) is 11.8. The number of nitrogens with two attached hydrogens (primary N) is 1. The van der Waals surface area contributed by atoms with E-state index in [0.29, 0.717) is 12.6 Å². The summed E-state index contributed by atoms with van der Waals surface area (Å²) in [7, 11) is 2.14. The fraction of sp³-hybridized carbons (Fsp3) is 0.636. The summed E-state index contributed by atoms with van der Waals surface area (Å²) >= 11 is 5.35. The Balaban J connectivity index is 2.09. The number of nitrogens with zero attached hydrogens (tertiary/aromatic N) is 1. The number of rotatable bonds is 4. The Bertz CT molecular complexity index is 338. The molecule has 0 aromatic carbocycles. The predicted octanol–water partition coefficient (Wildman–Crippen LogP) is 2.48. The first-order chi connectivity index (χ1) is 7.72. The Morgan fingerprint density at radius 1 is 1.69 bits per heavy atom. The molecule has 1 fully saturated rings. The van der Waals surface area contributed by atoms with Crippen molar-refractivity contribution in [1.82, 2.24) is 4.90 Å². The van der Waals surface area contributed by atoms with Gasteiger partial charge in [-0.25, -0.2) is 0 Å². The first-order valence-electron chi connectivity index (χ1n) is 5.47. The Hall–Kier alpha value is 0.0300. The number of thioether (sulfide) groups is 1. The highest BCUT2D eigenvalue weighted by Gasteiger charge is 2.27. The smallest absolute Gasteiger partial charge is 0.169 e. The molecule has 1 aromatic rings. The van der Waals surface area contributed by atoms with Crippen molar-refractivity contribution in [2.45, 2.75) is 18.5 Å². The second kappa shape index (κ2) is 5.58. The van der Waals surface area contributed by atoms with Crippen molar-refractivity contribution in [1.29, 1.82) is 0 Å². The van der Waals surface area contributed by atoms with Gasteiger partial charge in [0.05, 0.1) is 6.04 Å². The fourth-order valence-corrected chi connectivity index (χ4v) is 3.69. The number of halogens is 1. The third-order valence-corrected chi connectivity index (χ3v) is 4.69. The molecule has 3 nitrogen and oxygen atoms in total. The highest BCUT2D eigenvalue weighted by molar-refractivity contribution is 9.10. The molecule has 2 heterocycles. The minimum atomic E-state index is 0.190. The molecule has 0 aliphatic carbocycles. The second-order valence-electron chi connectivity index (χ2n) is 4.08. The van der Waals surface area contributed by atoms with E-state index in [4.69, 9.17) is 10.2 Å². The molecule has 0 saturated carbocycles. The van der Waals surface area contributed by atoms with Crippen molar-refractivity contribution in [3.8, 4) is 0 Å². The van der Waals surface area contributed by atoms with E-state index in [2.05, 4.69) is 27.9 Å². The highest BCUT2D eigenvalue weighted by Crippen LogP contribution is 2.29. The third kappa shape index (κ3) is 2.64. The van der Waals surface area contributed by atoms with Crippen LogP contribution in [0, 0.1) is 0 Å². The molecule has 2 unspecified atom stereocenters. The first kappa shape index (κ1) is 12.5. The lowest BCUT2D eigenvalue weighted by Crippen LogP contribution is -2.38. The maximum Gasteiger partial charge on any atom is 0.169 e. The van der Waals surface area contributed by atoms with Crippen molar-refractivity contribution in [2.24, 2.45) is 5.73 Å². The van der Waals surface area contributed by atoms with Gasteiger partial charge < -0.3 is 10.2 Å². The van der Waals surface area contributed by atoms with E-state index in [0.717, 1.165) is 10.4 Å². The normalized spacial score (nSPS) is 22.9. The van der Waals surface area contributed by atoms with Crippen LogP contribution in [0.2, 0.25) is 0 Å². The van der Waals surface area contributed by atoms with Gasteiger partial charge in [0.25, 0.3) is 0 Å². The van der Waals surface area contributed by atoms with Crippen molar-refractivity contribution < 1.29 is 4.42 Å². The van der Waals surface area contributed by atoms with Gasteiger partial charge in [0, 0.05) is 18.3 Å². The minimum Gasteiger partial charge on any atom is -0.453 e. The van der Waals surface area contributed by atoms with Gasteiger partial charge in [-0.05, 0) is 47.3 Å². The van der Waals surface area contributed by atoms with Crippen LogP contribution in [-0.2, 0) is 0 Å². The first-order valence-corrected chi connectivity index (χ1v) is 7.42. The molecule has 5 heteroatoms. The number of hydrogen-bond donors (Lipinski definition) is 1. The Morgan fingerprint density at radius 2 is 2.50 bits per heavy atom. The molecule has 90 valence electrons. The van der Waals surface area contributed by atoms with Crippen LogP contribution < -0.4 is 5.73 Å². The van der Waals surface area contributed by atoms with Crippen LogP contribution in [0.15, 0.2) is 21.2 Å². The molecule has 2 atom stereocenters. The van der Waals surface area contributed by atoms with E-state index in [1.54, 1.807) is 0 Å². The van der Waals surface area contributed by atoms with Crippen LogP contribution in [0.1, 0.15) is 18.2 Å². The van der Waals surface area contributed by atoms with Crippen molar-refractivity contribution in [3.63, 3.8) is 0 Å². The molecule has 2 rings (SSSR count). The standard InChI is InChI=1S/C11H17BrN2OS/c1-14(8-4-5-16-7-8)9(6-13)10-2-3-11(12)15-10/h2-3,8-9H,4-7,13H2,1H3. The van der Waals surface area contributed by atoms with Crippen LogP contribution in [0.25, 0.3) is 0 Å². The lowest BCUT2D eigenvalue weighted by Gasteiger charge is -2.30. The van der Waals surface area contributed by atoms with E-state index in [9.17, 15) is 0 Å². The maximum absolute atomic E-state index is 5.86. The minimum absolute atomic E-state index is 0.190. The van der Waals surface area contributed by atoms with Gasteiger partial charge in [-0.1, -0.05) is 0 Å². The fourth-order valence-electron chi connectivity index (χ4n) is 2.09. The van der Waals surface area contributed by atoms with Gasteiger partial charge >= 0.3 is 0 Å². The van der Waals surface area contributed by atoms with Gasteiger partial charge in [0.1, 0.15) is 5.76 Å². The molecule has 1 aliphatic heterocycles. The Kier molecular flexibility index (Phi) is 4.35. The zero-order valence-electron chi connectivity index (χ0n) is 9.36. The van der Waals surface area contributed by atoms with Crippen LogP contribution in [0.3, 0.4) is 0 Å². The number of hydrogen-bond acceptors (Lipinski definition) is 4. The summed E-state index contributed by atoms with van der Waals surface area (Å²) < 4.78 is 6.38. The predicted molar refractivity (Wildman–Crippen MR) is 71.7 cm³/mol. The van der Waals surface area contributed by atoms with Crippen molar-refractivity contribution >= 4 is 27.7 Å². The van der Waals surface area contributed by atoms with Crippen LogP contribution in [-0.4, -0.2) is 36.0 Å². The van der Waals surface area contributed by atoms with E-state index in [-0.39, 0.29) is 6.04 Å². The molecule has 16 heavy (non-hydrogen) atoms. The maximum atomic E-state index is 5.86. The van der Waals surface area contributed by atoms with Gasteiger partial charge in [0.2, 0.25) is 0 Å². The van der Waals surface area contributed by atoms with Gasteiger partial charge in [-0.2, -0.15) is 11.8 Å². The molecule has 2 N–H and O–H groups in total. The molecular formula is C11H17BrN2OS. The summed E-state index contributed by atoms with van der Waals surface area (Å²) in [5.41, 5.74) is 5.86. The summed E-state index contributed by atoms with van der Waals surface area (Å²) in [5.74, 6) is 3.41. The van der Waals surface area contributed by atoms with Gasteiger partial charge in [0.15, 0.2) is 4.67 Å². The Morgan fingerprint density at radius 3 is 3.00 bits per heavy atom. The number of likely N-dealkylation sites (N-methyl/N-ethyl adjacent to an activating group) is 1. The SMILES string of the molecule is CN(C1CCSC1)C(CN)c1ccc(Br)o1. The monoisotopic (exact) mass is 304 g/mol. The van der Waals surface area contributed by atoms with Gasteiger partial charge in [-0.3, -0.25) is 4.90 Å². The molecule has 1 aliphatic rings. The van der Waals surface area contributed by atoms with E-state index in [1.165, 1.54) is 17.9 Å². The molecule has 1 aromatic heterocycles. The average Bonchev–Trinajstić information content (AvgIpc) is 2.90. The average molecular weight is 305 g/mol. The summed E-state index contributed by atoms with van der Waals surface area (Å²) in [4.78, 5) is 2.35. The molecule has 1 saturated heterocycles. The molecule has 0 amide bonds. The van der Waals surface area contributed by atoms with E-state index >= 15 is 0 Å². The van der Waals surface area contributed by atoms with Crippen molar-refractivity contribution in [2.75, 3.05) is 25.1 Å². The summed E-state index contributed by atoms with van der Waals surface area (Å²) in [6.07, 6.45) is 1.25. The van der Waals surface area contributed by atoms with Gasteiger partial charge in [-0.15, -0.1) is 0 Å². The van der Waals surface area contributed by atoms with Crippen molar-refractivity contribution in [3.05, 3.63) is 22.6 Å². The summed E-state index contributed by atoms with van der Waals surface area (Å²) in [5, 5.41) is 0. The number of furan rings is 1. The molecular weight excluding hydrogens is 288 g/mol. The van der Waals surface area contributed by atoms with Crippen LogP contribution in [0.4, 0.5) is 0 Å². The Labute approximate surface area is 109 Å². The molecule has 0 spiro atoms. The summed E-state index contributed by atoms with van der Waals surface area (Å²) in [6, 6.07) is 4.74. The van der Waals surface area contributed by atoms with Crippen LogP contribution in [0.5, 0.6) is 0 Å². The summed E-state index contributed by atoms with van der Waals surface area (Å²) in [6.45, 7) is 0.595. The van der Waals surface area contributed by atoms with E-state index < -0.39 is 0 Å². The molecule has 0 radical (unpaired) electrons. The topological polar surface area (TPSA) is 42.4 Å².